The molecule has 0 saturated carbocycles. The monoisotopic (exact) mass is 391 g/mol. The Morgan fingerprint density at radius 2 is 1.45 bits per heavy atom. The molecule has 29 heavy (non-hydrogen) atoms. The lowest BCUT2D eigenvalue weighted by Gasteiger charge is -2.20. The molecule has 1 amide bonds. The van der Waals surface area contributed by atoms with Crippen LogP contribution in [0.1, 0.15) is 41.6 Å². The number of hydrogen-bond donors (Lipinski definition) is 0. The summed E-state index contributed by atoms with van der Waals surface area (Å²) in [5.74, 6) is 0.0645. The maximum Gasteiger partial charge on any atom is 0.317 e. The summed E-state index contributed by atoms with van der Waals surface area (Å²) < 4.78 is 2.89. The largest absolute Gasteiger partial charge is 0.339 e. The molecule has 150 valence electrons. The third kappa shape index (κ3) is 3.75. The van der Waals surface area contributed by atoms with E-state index in [4.69, 9.17) is 0 Å². The number of para-hydroxylation sites is 2. The lowest BCUT2D eigenvalue weighted by atomic mass is 10.1. The molecule has 0 radical (unpaired) electrons. The molecule has 0 unspecified atom stereocenters. The normalized spacial score (nSPS) is 14.7. The molecule has 0 N–H and O–H groups in total. The van der Waals surface area contributed by atoms with Crippen molar-refractivity contribution in [2.24, 2.45) is 7.05 Å². The third-order valence-electron chi connectivity index (χ3n) is 5.70. The van der Waals surface area contributed by atoms with Crippen molar-refractivity contribution in [3.05, 3.63) is 80.4 Å². The fourth-order valence-corrected chi connectivity index (χ4v) is 4.00. The average molecular weight is 391 g/mol. The summed E-state index contributed by atoms with van der Waals surface area (Å²) in [4.78, 5) is 39.6. The summed E-state index contributed by atoms with van der Waals surface area (Å²) in [5.41, 5.74) is 1.87. The molecule has 0 spiro atoms. The highest BCUT2D eigenvalue weighted by Crippen LogP contribution is 2.15. The van der Waals surface area contributed by atoms with Crippen LogP contribution in [0.5, 0.6) is 0 Å². The predicted octanol–water partition coefficient (Wildman–Crippen LogP) is 2.76. The van der Waals surface area contributed by atoms with Gasteiger partial charge in [-0.05, 0) is 42.7 Å². The van der Waals surface area contributed by atoms with E-state index in [1.54, 1.807) is 7.05 Å². The van der Waals surface area contributed by atoms with Crippen molar-refractivity contribution >= 4 is 16.9 Å². The molecule has 2 aromatic carbocycles. The van der Waals surface area contributed by atoms with Gasteiger partial charge in [0.2, 0.25) is 0 Å². The van der Waals surface area contributed by atoms with Crippen molar-refractivity contribution in [1.82, 2.24) is 14.0 Å². The van der Waals surface area contributed by atoms with Gasteiger partial charge in [-0.3, -0.25) is 19.0 Å². The van der Waals surface area contributed by atoms with Crippen LogP contribution in [0.3, 0.4) is 0 Å². The first-order chi connectivity index (χ1) is 14.1. The Bertz CT molecular complexity index is 1150. The van der Waals surface area contributed by atoms with Gasteiger partial charge in [-0.1, -0.05) is 37.1 Å². The summed E-state index contributed by atoms with van der Waals surface area (Å²) in [6.45, 7) is 1.91. The van der Waals surface area contributed by atoms with Crippen LogP contribution >= 0.6 is 0 Å². The third-order valence-corrected chi connectivity index (χ3v) is 5.70. The molecule has 1 fully saturated rings. The van der Waals surface area contributed by atoms with Crippen LogP contribution in [0.15, 0.2) is 58.1 Å². The van der Waals surface area contributed by atoms with Crippen LogP contribution in [0.4, 0.5) is 0 Å². The maximum atomic E-state index is 12.8. The zero-order valence-corrected chi connectivity index (χ0v) is 16.6. The number of rotatable bonds is 3. The highest BCUT2D eigenvalue weighted by Gasteiger charge is 2.17. The number of fused-ring (bicyclic) bond motifs is 1. The minimum atomic E-state index is -0.545. The van der Waals surface area contributed by atoms with E-state index in [9.17, 15) is 14.4 Å². The number of carbonyl (C=O) groups is 1. The zero-order chi connectivity index (χ0) is 20.4. The Hall–Kier alpha value is -3.15. The summed E-state index contributed by atoms with van der Waals surface area (Å²) >= 11 is 0. The fourth-order valence-electron chi connectivity index (χ4n) is 4.00. The molecule has 4 rings (SSSR count). The van der Waals surface area contributed by atoms with Gasteiger partial charge in [0, 0.05) is 25.7 Å². The first-order valence-corrected chi connectivity index (χ1v) is 10.1. The van der Waals surface area contributed by atoms with E-state index in [0.717, 1.165) is 31.5 Å². The van der Waals surface area contributed by atoms with Crippen molar-refractivity contribution in [3.8, 4) is 0 Å². The second-order valence-corrected chi connectivity index (χ2v) is 7.65. The van der Waals surface area contributed by atoms with Crippen LogP contribution in [0.25, 0.3) is 11.0 Å². The number of nitrogens with zero attached hydrogens (tertiary/aromatic N) is 3. The van der Waals surface area contributed by atoms with Gasteiger partial charge in [0.25, 0.3) is 5.91 Å². The number of aromatic nitrogens is 2. The fraction of sp³-hybridized carbons (Fsp3) is 0.348. The van der Waals surface area contributed by atoms with Crippen molar-refractivity contribution in [1.29, 1.82) is 0 Å². The number of amides is 1. The molecule has 1 saturated heterocycles. The molecule has 0 atom stereocenters. The molecule has 0 bridgehead atoms. The quantitative estimate of drug-likeness (QED) is 0.645. The van der Waals surface area contributed by atoms with Crippen LogP contribution in [0, 0.1) is 0 Å². The van der Waals surface area contributed by atoms with Crippen molar-refractivity contribution < 1.29 is 4.79 Å². The Morgan fingerprint density at radius 1 is 0.828 bits per heavy atom. The molecule has 3 aromatic rings. The Balaban J connectivity index is 1.62. The minimum Gasteiger partial charge on any atom is -0.339 e. The number of likely N-dealkylation sites (tertiary alicyclic amines) is 1. The first kappa shape index (κ1) is 19.2. The van der Waals surface area contributed by atoms with Gasteiger partial charge in [0.1, 0.15) is 0 Å². The Kier molecular flexibility index (Phi) is 5.34. The Morgan fingerprint density at radius 3 is 2.10 bits per heavy atom. The Labute approximate surface area is 169 Å². The minimum absolute atomic E-state index is 0.0645. The lowest BCUT2D eigenvalue weighted by molar-refractivity contribution is 0.0761. The van der Waals surface area contributed by atoms with E-state index in [1.165, 1.54) is 22.0 Å². The average Bonchev–Trinajstić information content (AvgIpc) is 3.05. The van der Waals surface area contributed by atoms with Crippen LogP contribution in [-0.2, 0) is 13.6 Å². The van der Waals surface area contributed by atoms with E-state index in [-0.39, 0.29) is 12.5 Å². The molecule has 1 aromatic heterocycles. The highest BCUT2D eigenvalue weighted by molar-refractivity contribution is 5.94. The van der Waals surface area contributed by atoms with Crippen LogP contribution < -0.4 is 11.1 Å². The first-order valence-electron chi connectivity index (χ1n) is 10.1. The van der Waals surface area contributed by atoms with Gasteiger partial charge in [0.05, 0.1) is 17.6 Å². The van der Waals surface area contributed by atoms with E-state index in [0.29, 0.717) is 16.6 Å². The number of hydrogen-bond acceptors (Lipinski definition) is 3. The van der Waals surface area contributed by atoms with Gasteiger partial charge < -0.3 is 9.47 Å². The predicted molar refractivity (Wildman–Crippen MR) is 113 cm³/mol. The molecule has 6 nitrogen and oxygen atoms in total. The number of aryl methyl sites for hydroxylation is 1. The van der Waals surface area contributed by atoms with E-state index in [2.05, 4.69) is 0 Å². The molecule has 1 aliphatic rings. The molecular formula is C23H25N3O3. The van der Waals surface area contributed by atoms with Crippen LogP contribution in [0.2, 0.25) is 0 Å². The van der Waals surface area contributed by atoms with E-state index >= 15 is 0 Å². The summed E-state index contributed by atoms with van der Waals surface area (Å²) in [6, 6.07) is 14.7. The van der Waals surface area contributed by atoms with Gasteiger partial charge in [-0.2, -0.15) is 0 Å². The SMILES string of the molecule is Cn1c(=O)c(=O)n(Cc2ccc(C(=O)N3CCCCCC3)cc2)c2ccccc21. The molecule has 1 aliphatic heterocycles. The van der Waals surface area contributed by atoms with Gasteiger partial charge in [0.15, 0.2) is 0 Å². The molecule has 6 heteroatoms. The summed E-state index contributed by atoms with van der Waals surface area (Å²) in [6.07, 6.45) is 4.48. The lowest BCUT2D eigenvalue weighted by Crippen LogP contribution is -2.40. The molecule has 0 aliphatic carbocycles. The van der Waals surface area contributed by atoms with Crippen molar-refractivity contribution in [2.45, 2.75) is 32.2 Å². The molecule has 2 heterocycles. The van der Waals surface area contributed by atoms with Gasteiger partial charge in [-0.25, -0.2) is 0 Å². The second-order valence-electron chi connectivity index (χ2n) is 7.65. The van der Waals surface area contributed by atoms with Crippen LogP contribution in [-0.4, -0.2) is 33.0 Å². The second kappa shape index (κ2) is 8.07. The highest BCUT2D eigenvalue weighted by atomic mass is 16.2. The molecular weight excluding hydrogens is 366 g/mol. The smallest absolute Gasteiger partial charge is 0.317 e. The van der Waals surface area contributed by atoms with E-state index in [1.807, 2.05) is 53.4 Å². The van der Waals surface area contributed by atoms with Gasteiger partial charge in [-0.15, -0.1) is 0 Å². The van der Waals surface area contributed by atoms with E-state index < -0.39 is 11.1 Å². The summed E-state index contributed by atoms with van der Waals surface area (Å²) in [7, 11) is 1.61. The van der Waals surface area contributed by atoms with Gasteiger partial charge >= 0.3 is 11.1 Å². The van der Waals surface area contributed by atoms with Crippen molar-refractivity contribution in [2.75, 3.05) is 13.1 Å². The standard InChI is InChI=1S/C23H25N3O3/c1-24-19-8-4-5-9-20(19)26(23(29)22(24)28)16-17-10-12-18(13-11-17)21(27)25-14-6-2-3-7-15-25/h4-5,8-13H,2-3,6-7,14-16H2,1H3. The topological polar surface area (TPSA) is 64.3 Å². The maximum absolute atomic E-state index is 12.8. The number of carbonyl (C=O) groups excluding carboxylic acids is 1. The van der Waals surface area contributed by atoms with Crippen molar-refractivity contribution in [3.63, 3.8) is 0 Å². The summed E-state index contributed by atoms with van der Waals surface area (Å²) in [5, 5.41) is 0. The zero-order valence-electron chi connectivity index (χ0n) is 16.6. The number of benzene rings is 2.